The number of carbonyl (C=O) groups is 3. The van der Waals surface area contributed by atoms with Crippen LogP contribution in [0.25, 0.3) is 5.57 Å². The van der Waals surface area contributed by atoms with Crippen molar-refractivity contribution in [1.82, 2.24) is 0 Å². The summed E-state index contributed by atoms with van der Waals surface area (Å²) in [5, 5.41) is 71.2. The highest BCUT2D eigenvalue weighted by Gasteiger charge is 2.59. The lowest BCUT2D eigenvalue weighted by atomic mass is 9.79. The fourth-order valence-electron chi connectivity index (χ4n) is 4.96. The van der Waals surface area contributed by atoms with Gasteiger partial charge >= 0.3 is 17.9 Å². The molecule has 16 nitrogen and oxygen atoms in total. The van der Waals surface area contributed by atoms with Crippen LogP contribution in [0.3, 0.4) is 0 Å². The van der Waals surface area contributed by atoms with E-state index in [1.54, 1.807) is 0 Å². The predicted octanol–water partition coefficient (Wildman–Crippen LogP) is -1.87. The van der Waals surface area contributed by atoms with Crippen LogP contribution in [-0.2, 0) is 38.1 Å². The minimum absolute atomic E-state index is 0.0254. The number of carboxylic acids is 1. The van der Waals surface area contributed by atoms with E-state index in [0.717, 1.165) is 25.5 Å². The molecule has 0 aromatic heterocycles. The van der Waals surface area contributed by atoms with Gasteiger partial charge in [-0.3, -0.25) is 0 Å². The average molecular weight is 611 g/mol. The summed E-state index contributed by atoms with van der Waals surface area (Å²) in [4.78, 5) is 37.7. The molecule has 0 bridgehead atoms. The van der Waals surface area contributed by atoms with Gasteiger partial charge in [-0.05, 0) is 23.8 Å². The Morgan fingerprint density at radius 3 is 2.42 bits per heavy atom. The Morgan fingerprint density at radius 1 is 1.07 bits per heavy atom. The third-order valence-corrected chi connectivity index (χ3v) is 7.30. The van der Waals surface area contributed by atoms with Gasteiger partial charge in [0.2, 0.25) is 6.29 Å². The van der Waals surface area contributed by atoms with Crippen molar-refractivity contribution in [3.8, 4) is 11.5 Å². The van der Waals surface area contributed by atoms with Crippen LogP contribution in [0.15, 0.2) is 48.4 Å². The largest absolute Gasteiger partial charge is 0.504 e. The zero-order valence-electron chi connectivity index (χ0n) is 22.7. The molecule has 4 rings (SSSR count). The van der Waals surface area contributed by atoms with Gasteiger partial charge in [-0.1, -0.05) is 12.1 Å². The molecule has 3 aliphatic rings. The first-order chi connectivity index (χ1) is 20.4. The van der Waals surface area contributed by atoms with E-state index in [1.807, 2.05) is 0 Å². The number of hydrogen-bond acceptors (Lipinski definition) is 15. The molecule has 1 aliphatic carbocycles. The number of carbonyl (C=O) groups excluding carboxylic acids is 2. The summed E-state index contributed by atoms with van der Waals surface area (Å²) in [7, 11) is 2.33. The Morgan fingerprint density at radius 2 is 1.79 bits per heavy atom. The second-order valence-electron chi connectivity index (χ2n) is 9.77. The third-order valence-electron chi connectivity index (χ3n) is 7.30. The number of allylic oxidation sites excluding steroid dienone is 1. The molecule has 2 aliphatic heterocycles. The standard InChI is InChI=1S/C27H30O16/c1-38-16-7-11(3-4-15(16)29)13(22(33)34)9-41-26(36)27(37)6-5-12-14(23(35)39-2)10-40-24(18(12)27)43-25-21(32)20(31)19(30)17(8-28)42-25/h3-7,9-10,12,17-21,24-25,28-32,37H,8H2,1-2H3,(H,33,34)/b13-9-/t12?,17-,18?,19-,20+,21-,24-,25+,27-/m0/s1. The summed E-state index contributed by atoms with van der Waals surface area (Å²) in [6, 6.07) is 3.56. The number of esters is 2. The summed E-state index contributed by atoms with van der Waals surface area (Å²) in [6.07, 6.45) is -6.42. The van der Waals surface area contributed by atoms with E-state index in [0.29, 0.717) is 6.26 Å². The fraction of sp³-hybridized carbons (Fsp3) is 0.444. The summed E-state index contributed by atoms with van der Waals surface area (Å²) in [5.41, 5.74) is -3.36. The maximum atomic E-state index is 13.3. The SMILES string of the molecule is COC(=O)C1=CO[C@@H](O[C@H]2O[C@@H](CO)[C@H](O)[C@@H](O)[C@@H]2O)C2C1C=C[C@@]2(O)C(=O)O/C=C(\C(=O)O)c1ccc(O)c(OC)c1. The van der Waals surface area contributed by atoms with Gasteiger partial charge < -0.3 is 64.2 Å². The number of aliphatic hydroxyl groups is 5. The molecule has 0 amide bonds. The molecule has 0 radical (unpaired) electrons. The molecule has 0 saturated carbocycles. The highest BCUT2D eigenvalue weighted by atomic mass is 16.8. The molecule has 7 N–H and O–H groups in total. The highest BCUT2D eigenvalue weighted by molar-refractivity contribution is 6.15. The number of rotatable bonds is 9. The summed E-state index contributed by atoms with van der Waals surface area (Å²) in [5.74, 6) is -6.80. The van der Waals surface area contributed by atoms with Crippen LogP contribution in [0.4, 0.5) is 0 Å². The summed E-state index contributed by atoms with van der Waals surface area (Å²) in [6.45, 7) is -0.766. The molecule has 2 unspecified atom stereocenters. The Bertz CT molecular complexity index is 1330. The number of aliphatic hydroxyl groups excluding tert-OH is 4. The van der Waals surface area contributed by atoms with Crippen LogP contribution in [0.2, 0.25) is 0 Å². The number of phenols is 1. The average Bonchev–Trinajstić information content (AvgIpc) is 3.36. The minimum atomic E-state index is -2.64. The minimum Gasteiger partial charge on any atom is -0.504 e. The van der Waals surface area contributed by atoms with Crippen LogP contribution in [-0.4, -0.2) is 117 Å². The predicted molar refractivity (Wildman–Crippen MR) is 137 cm³/mol. The first kappa shape index (κ1) is 31.9. The van der Waals surface area contributed by atoms with Crippen molar-refractivity contribution in [3.05, 3.63) is 54.0 Å². The molecule has 1 aromatic carbocycles. The van der Waals surface area contributed by atoms with Crippen LogP contribution in [0, 0.1) is 11.8 Å². The van der Waals surface area contributed by atoms with Crippen LogP contribution in [0.5, 0.6) is 11.5 Å². The fourth-order valence-corrected chi connectivity index (χ4v) is 4.96. The van der Waals surface area contributed by atoms with E-state index in [2.05, 4.69) is 0 Å². The summed E-state index contributed by atoms with van der Waals surface area (Å²) < 4.78 is 31.3. The van der Waals surface area contributed by atoms with Gasteiger partial charge in [0.05, 0.1) is 38.6 Å². The van der Waals surface area contributed by atoms with Crippen molar-refractivity contribution < 1.29 is 78.6 Å². The molecule has 16 heteroatoms. The number of aromatic hydroxyl groups is 1. The van der Waals surface area contributed by atoms with E-state index in [-0.39, 0.29) is 22.6 Å². The molecule has 1 fully saturated rings. The molecule has 234 valence electrons. The van der Waals surface area contributed by atoms with Crippen molar-refractivity contribution in [2.75, 3.05) is 20.8 Å². The van der Waals surface area contributed by atoms with E-state index < -0.39 is 84.5 Å². The van der Waals surface area contributed by atoms with Crippen LogP contribution in [0.1, 0.15) is 5.56 Å². The van der Waals surface area contributed by atoms with E-state index in [4.69, 9.17) is 28.4 Å². The lowest BCUT2D eigenvalue weighted by Gasteiger charge is -2.44. The van der Waals surface area contributed by atoms with Gasteiger partial charge in [0.15, 0.2) is 23.4 Å². The Hall–Kier alpha value is -4.03. The van der Waals surface area contributed by atoms with Crippen molar-refractivity contribution in [2.24, 2.45) is 11.8 Å². The topological polar surface area (TPSA) is 248 Å². The second kappa shape index (κ2) is 12.7. The molecule has 9 atom stereocenters. The first-order valence-electron chi connectivity index (χ1n) is 12.7. The van der Waals surface area contributed by atoms with Crippen molar-refractivity contribution in [2.45, 2.75) is 42.6 Å². The molecule has 43 heavy (non-hydrogen) atoms. The monoisotopic (exact) mass is 610 g/mol. The Balaban J connectivity index is 1.65. The number of benzene rings is 1. The smallest absolute Gasteiger partial charge is 0.347 e. The molecule has 0 spiro atoms. The lowest BCUT2D eigenvalue weighted by molar-refractivity contribution is -0.345. The number of hydrogen-bond donors (Lipinski definition) is 7. The normalized spacial score (nSPS) is 33.6. The number of methoxy groups -OCH3 is 2. The quantitative estimate of drug-likeness (QED) is 0.0700. The van der Waals surface area contributed by atoms with Gasteiger partial charge in [0, 0.05) is 5.92 Å². The number of fused-ring (bicyclic) bond motifs is 1. The van der Waals surface area contributed by atoms with E-state index in [1.165, 1.54) is 25.3 Å². The molecule has 1 saturated heterocycles. The molecule has 1 aromatic rings. The maximum Gasteiger partial charge on any atom is 0.347 e. The zero-order chi connectivity index (χ0) is 31.6. The van der Waals surface area contributed by atoms with Gasteiger partial charge in [0.25, 0.3) is 0 Å². The van der Waals surface area contributed by atoms with E-state index >= 15 is 0 Å². The van der Waals surface area contributed by atoms with Gasteiger partial charge in [-0.2, -0.15) is 0 Å². The number of ether oxygens (including phenoxy) is 6. The number of phenolic OH excluding ortho intramolecular Hbond substituents is 1. The van der Waals surface area contributed by atoms with E-state index in [9.17, 15) is 50.1 Å². The Kier molecular flexibility index (Phi) is 9.41. The van der Waals surface area contributed by atoms with Crippen LogP contribution >= 0.6 is 0 Å². The lowest BCUT2D eigenvalue weighted by Crippen LogP contribution is -2.61. The van der Waals surface area contributed by atoms with Crippen LogP contribution < -0.4 is 4.74 Å². The molecular weight excluding hydrogens is 580 g/mol. The number of aliphatic carboxylic acids is 1. The van der Waals surface area contributed by atoms with Crippen molar-refractivity contribution >= 4 is 23.5 Å². The highest BCUT2D eigenvalue weighted by Crippen LogP contribution is 2.46. The molecular formula is C27H30O16. The van der Waals surface area contributed by atoms with Gasteiger partial charge in [-0.25, -0.2) is 14.4 Å². The maximum absolute atomic E-state index is 13.3. The van der Waals surface area contributed by atoms with Gasteiger partial charge in [-0.15, -0.1) is 0 Å². The van der Waals surface area contributed by atoms with Gasteiger partial charge in [0.1, 0.15) is 36.3 Å². The first-order valence-corrected chi connectivity index (χ1v) is 12.7. The molecule has 2 heterocycles. The Labute approximate surface area is 243 Å². The second-order valence-corrected chi connectivity index (χ2v) is 9.77. The third kappa shape index (κ3) is 5.94. The summed E-state index contributed by atoms with van der Waals surface area (Å²) >= 11 is 0. The zero-order valence-corrected chi connectivity index (χ0v) is 22.7. The van der Waals surface area contributed by atoms with Crippen molar-refractivity contribution in [1.29, 1.82) is 0 Å². The van der Waals surface area contributed by atoms with Crippen molar-refractivity contribution in [3.63, 3.8) is 0 Å². The number of carboxylic acid groups (broad SMARTS) is 1.